The third-order valence-corrected chi connectivity index (χ3v) is 4.71. The van der Waals surface area contributed by atoms with Gasteiger partial charge in [0.2, 0.25) is 6.29 Å². The lowest BCUT2D eigenvalue weighted by Gasteiger charge is -2.31. The molecular weight excluding hydrogens is 309 g/mol. The van der Waals surface area contributed by atoms with Gasteiger partial charge in [0.25, 0.3) is 0 Å². The van der Waals surface area contributed by atoms with E-state index >= 15 is 0 Å². The van der Waals surface area contributed by atoms with Crippen molar-refractivity contribution in [1.29, 1.82) is 0 Å². The number of sulfone groups is 1. The van der Waals surface area contributed by atoms with E-state index in [1.165, 1.54) is 6.07 Å². The number of hydrogen-bond acceptors (Lipinski definition) is 5. The summed E-state index contributed by atoms with van der Waals surface area (Å²) in [5.41, 5.74) is 0.266. The van der Waals surface area contributed by atoms with Crippen molar-refractivity contribution in [2.75, 3.05) is 25.9 Å². The maximum Gasteiger partial charge on any atom is 0.213 e. The molecule has 0 radical (unpaired) electrons. The van der Waals surface area contributed by atoms with Crippen LogP contribution in [0.5, 0.6) is 5.75 Å². The normalized spacial score (nSPS) is 18.1. The second kappa shape index (κ2) is 6.93. The Hall–Kier alpha value is -1.18. The first kappa shape index (κ1) is 17.2. The monoisotopic (exact) mass is 331 g/mol. The van der Waals surface area contributed by atoms with Crippen molar-refractivity contribution in [1.82, 2.24) is 4.90 Å². The van der Waals surface area contributed by atoms with E-state index in [4.69, 9.17) is 9.47 Å². The van der Waals surface area contributed by atoms with Crippen molar-refractivity contribution in [3.63, 3.8) is 0 Å². The van der Waals surface area contributed by atoms with Crippen LogP contribution in [0.15, 0.2) is 17.0 Å². The number of benzene rings is 1. The fraction of sp³-hybridized carbons (Fsp3) is 0.600. The highest BCUT2D eigenvalue weighted by Crippen LogP contribution is 2.31. The summed E-state index contributed by atoms with van der Waals surface area (Å²) < 4.78 is 48.4. The summed E-state index contributed by atoms with van der Waals surface area (Å²) in [6, 6.07) is 2.38. The van der Waals surface area contributed by atoms with Gasteiger partial charge in [-0.2, -0.15) is 0 Å². The molecule has 1 unspecified atom stereocenters. The summed E-state index contributed by atoms with van der Waals surface area (Å²) in [6.07, 6.45) is 1.54. The molecule has 124 valence electrons. The van der Waals surface area contributed by atoms with E-state index in [2.05, 4.69) is 11.8 Å². The van der Waals surface area contributed by atoms with Gasteiger partial charge in [-0.15, -0.1) is 0 Å². The number of halogens is 1. The molecule has 1 atom stereocenters. The lowest BCUT2D eigenvalue weighted by atomic mass is 10.2. The number of rotatable bonds is 6. The van der Waals surface area contributed by atoms with Crippen LogP contribution in [-0.4, -0.2) is 45.5 Å². The molecule has 2 rings (SSSR count). The van der Waals surface area contributed by atoms with Gasteiger partial charge in [0.15, 0.2) is 9.84 Å². The van der Waals surface area contributed by atoms with Crippen LogP contribution in [0.4, 0.5) is 4.39 Å². The molecule has 0 bridgehead atoms. The Morgan fingerprint density at radius 3 is 2.68 bits per heavy atom. The molecule has 0 aromatic heterocycles. The van der Waals surface area contributed by atoms with Gasteiger partial charge in [0.1, 0.15) is 11.6 Å². The van der Waals surface area contributed by atoms with Gasteiger partial charge in [-0.1, -0.05) is 13.8 Å². The fourth-order valence-corrected chi connectivity index (χ4v) is 3.03. The molecule has 0 spiro atoms. The Balaban J connectivity index is 2.20. The zero-order valence-electron chi connectivity index (χ0n) is 13.1. The molecule has 0 N–H and O–H groups in total. The number of hydrogen-bond donors (Lipinski definition) is 0. The van der Waals surface area contributed by atoms with Crippen molar-refractivity contribution in [3.8, 4) is 5.75 Å². The van der Waals surface area contributed by atoms with E-state index in [0.29, 0.717) is 6.54 Å². The summed E-state index contributed by atoms with van der Waals surface area (Å²) in [5, 5.41) is 0. The summed E-state index contributed by atoms with van der Waals surface area (Å²) >= 11 is 0. The van der Waals surface area contributed by atoms with Crippen LogP contribution in [0.3, 0.4) is 0 Å². The molecule has 1 heterocycles. The average molecular weight is 331 g/mol. The zero-order chi connectivity index (χ0) is 16.3. The molecule has 7 heteroatoms. The van der Waals surface area contributed by atoms with Gasteiger partial charge in [-0.05, 0) is 31.6 Å². The molecule has 0 aliphatic carbocycles. The summed E-state index contributed by atoms with van der Waals surface area (Å²) in [4.78, 5) is 2.09. The molecule has 0 saturated heterocycles. The van der Waals surface area contributed by atoms with Crippen LogP contribution in [-0.2, 0) is 21.2 Å². The van der Waals surface area contributed by atoms with Crippen LogP contribution in [0.2, 0.25) is 0 Å². The van der Waals surface area contributed by atoms with Crippen molar-refractivity contribution < 1.29 is 22.3 Å². The average Bonchev–Trinajstić information content (AvgIpc) is 2.45. The Labute approximate surface area is 130 Å². The van der Waals surface area contributed by atoms with E-state index in [-0.39, 0.29) is 22.8 Å². The second-order valence-corrected chi connectivity index (χ2v) is 7.42. The van der Waals surface area contributed by atoms with Crippen LogP contribution < -0.4 is 4.74 Å². The summed E-state index contributed by atoms with van der Waals surface area (Å²) in [5.74, 6) is -0.360. The second-order valence-electron chi connectivity index (χ2n) is 5.41. The van der Waals surface area contributed by atoms with Gasteiger partial charge < -0.3 is 9.47 Å². The first-order valence-corrected chi connectivity index (χ1v) is 9.27. The maximum absolute atomic E-state index is 14.0. The van der Waals surface area contributed by atoms with Gasteiger partial charge in [0, 0.05) is 6.26 Å². The maximum atomic E-state index is 14.0. The molecule has 1 aromatic rings. The largest absolute Gasteiger partial charge is 0.463 e. The molecule has 0 saturated carbocycles. The smallest absolute Gasteiger partial charge is 0.213 e. The van der Waals surface area contributed by atoms with Crippen LogP contribution in [0.1, 0.15) is 25.8 Å². The third kappa shape index (κ3) is 3.97. The number of nitrogens with zero attached hydrogens (tertiary/aromatic N) is 1. The highest BCUT2D eigenvalue weighted by atomic mass is 32.2. The Bertz CT molecular complexity index is 633. The molecule has 1 aliphatic heterocycles. The molecule has 1 aromatic carbocycles. The standard InChI is InChI=1S/C15H22FNO4S/c1-4-6-17(5-2)9-15-20-10-12-13(16)7-11(22(3,18)19)8-14(12)21-15/h7-8,15H,4-6,9-10H2,1-3H3. The van der Waals surface area contributed by atoms with Crippen molar-refractivity contribution in [2.24, 2.45) is 0 Å². The minimum atomic E-state index is -3.48. The van der Waals surface area contributed by atoms with Gasteiger partial charge in [-0.25, -0.2) is 12.8 Å². The Morgan fingerprint density at radius 2 is 2.09 bits per heavy atom. The lowest BCUT2D eigenvalue weighted by Crippen LogP contribution is -2.39. The third-order valence-electron chi connectivity index (χ3n) is 3.62. The predicted octanol–water partition coefficient (Wildman–Crippen LogP) is 2.20. The number of fused-ring (bicyclic) bond motifs is 1. The molecule has 0 fully saturated rings. The highest BCUT2D eigenvalue weighted by molar-refractivity contribution is 7.90. The van der Waals surface area contributed by atoms with E-state index in [9.17, 15) is 12.8 Å². The van der Waals surface area contributed by atoms with E-state index in [1.807, 2.05) is 6.92 Å². The number of ether oxygens (including phenoxy) is 2. The van der Waals surface area contributed by atoms with E-state index in [1.54, 1.807) is 0 Å². The van der Waals surface area contributed by atoms with Gasteiger partial charge >= 0.3 is 0 Å². The van der Waals surface area contributed by atoms with Crippen molar-refractivity contribution in [3.05, 3.63) is 23.5 Å². The lowest BCUT2D eigenvalue weighted by molar-refractivity contribution is -0.121. The van der Waals surface area contributed by atoms with Crippen LogP contribution >= 0.6 is 0 Å². The first-order chi connectivity index (χ1) is 10.3. The van der Waals surface area contributed by atoms with E-state index < -0.39 is 21.9 Å². The van der Waals surface area contributed by atoms with Crippen molar-refractivity contribution in [2.45, 2.75) is 38.1 Å². The minimum absolute atomic E-state index is 0.0784. The Morgan fingerprint density at radius 1 is 1.36 bits per heavy atom. The fourth-order valence-electron chi connectivity index (χ4n) is 2.39. The topological polar surface area (TPSA) is 55.8 Å². The Kier molecular flexibility index (Phi) is 5.41. The van der Waals surface area contributed by atoms with Crippen LogP contribution in [0, 0.1) is 5.82 Å². The van der Waals surface area contributed by atoms with Gasteiger partial charge in [0.05, 0.1) is 23.6 Å². The molecule has 0 amide bonds. The molecule has 22 heavy (non-hydrogen) atoms. The quantitative estimate of drug-likeness (QED) is 0.800. The predicted molar refractivity (Wildman–Crippen MR) is 81.1 cm³/mol. The van der Waals surface area contributed by atoms with Crippen LogP contribution in [0.25, 0.3) is 0 Å². The highest BCUT2D eigenvalue weighted by Gasteiger charge is 2.26. The zero-order valence-corrected chi connectivity index (χ0v) is 14.0. The number of likely N-dealkylation sites (N-methyl/N-ethyl adjacent to an activating group) is 1. The first-order valence-electron chi connectivity index (χ1n) is 7.38. The summed E-state index contributed by atoms with van der Waals surface area (Å²) in [7, 11) is -3.48. The molecule has 5 nitrogen and oxygen atoms in total. The SMILES string of the molecule is CCCN(CC)CC1OCc2c(F)cc(S(C)(=O)=O)cc2O1. The van der Waals surface area contributed by atoms with Crippen molar-refractivity contribution >= 4 is 9.84 Å². The van der Waals surface area contributed by atoms with E-state index in [0.717, 1.165) is 31.8 Å². The molecule has 1 aliphatic rings. The molecular formula is C15H22FNO4S. The van der Waals surface area contributed by atoms with Gasteiger partial charge in [-0.3, -0.25) is 4.90 Å². The summed E-state index contributed by atoms with van der Waals surface area (Å²) in [6.45, 7) is 6.57. The minimum Gasteiger partial charge on any atom is -0.463 e.